The van der Waals surface area contributed by atoms with Crippen LogP contribution in [0.5, 0.6) is 0 Å². The van der Waals surface area contributed by atoms with Crippen LogP contribution in [0, 0.1) is 0 Å². The van der Waals surface area contributed by atoms with Gasteiger partial charge >= 0.3 is 0 Å². The first-order valence-corrected chi connectivity index (χ1v) is 5.99. The number of hydrogen-bond acceptors (Lipinski definition) is 7. The van der Waals surface area contributed by atoms with Crippen molar-refractivity contribution < 1.29 is 8.42 Å². The van der Waals surface area contributed by atoms with E-state index in [4.69, 9.17) is 5.73 Å². The number of aromatic amines is 1. The van der Waals surface area contributed by atoms with Crippen LogP contribution < -0.4 is 10.5 Å². The van der Waals surface area contributed by atoms with E-state index in [1.807, 2.05) is 0 Å². The maximum absolute atomic E-state index is 11.8. The van der Waals surface area contributed by atoms with Crippen LogP contribution in [0.25, 0.3) is 0 Å². The van der Waals surface area contributed by atoms with Crippen molar-refractivity contribution >= 4 is 15.7 Å². The Hall–Kier alpha value is -2.07. The molecular formula is C7H9N7O2S. The van der Waals surface area contributed by atoms with Gasteiger partial charge in [-0.3, -0.25) is 4.98 Å². The highest BCUT2D eigenvalue weighted by Gasteiger charge is 2.17. The minimum Gasteiger partial charge on any atom is -0.398 e. The first kappa shape index (κ1) is 11.4. The van der Waals surface area contributed by atoms with Crippen molar-refractivity contribution in [2.45, 2.75) is 11.4 Å². The number of aromatic nitrogens is 5. The minimum absolute atomic E-state index is 0.0762. The molecule has 90 valence electrons. The fourth-order valence-electron chi connectivity index (χ4n) is 1.11. The molecule has 9 nitrogen and oxygen atoms in total. The molecule has 2 rings (SSSR count). The molecule has 0 radical (unpaired) electrons. The van der Waals surface area contributed by atoms with Crippen LogP contribution in [0.4, 0.5) is 5.69 Å². The second kappa shape index (κ2) is 4.43. The van der Waals surface area contributed by atoms with Crippen LogP contribution in [0.2, 0.25) is 0 Å². The van der Waals surface area contributed by atoms with Gasteiger partial charge in [0.05, 0.1) is 12.2 Å². The molecule has 0 saturated carbocycles. The van der Waals surface area contributed by atoms with E-state index in [1.54, 1.807) is 0 Å². The minimum atomic E-state index is -3.73. The van der Waals surface area contributed by atoms with Crippen molar-refractivity contribution in [3.63, 3.8) is 0 Å². The van der Waals surface area contributed by atoms with Crippen molar-refractivity contribution in [1.82, 2.24) is 30.3 Å². The SMILES string of the molecule is Nc1ccncc1S(=O)(=O)NCc1nn[nH]n1. The molecule has 17 heavy (non-hydrogen) atoms. The molecule has 0 fully saturated rings. The fourth-order valence-corrected chi connectivity index (χ4v) is 2.16. The summed E-state index contributed by atoms with van der Waals surface area (Å²) in [5.41, 5.74) is 5.67. The second-order valence-electron chi connectivity index (χ2n) is 3.07. The molecule has 0 saturated heterocycles. The average Bonchev–Trinajstić information content (AvgIpc) is 2.80. The summed E-state index contributed by atoms with van der Waals surface area (Å²) in [7, 11) is -3.73. The summed E-state index contributed by atoms with van der Waals surface area (Å²) in [6, 6.07) is 1.41. The number of nitrogen functional groups attached to an aromatic ring is 1. The Bertz CT molecular complexity index is 594. The Labute approximate surface area is 96.5 Å². The molecule has 0 aliphatic rings. The summed E-state index contributed by atoms with van der Waals surface area (Å²) in [6.07, 6.45) is 2.58. The number of nitrogens with one attached hydrogen (secondary N) is 2. The van der Waals surface area contributed by atoms with Gasteiger partial charge in [0.1, 0.15) is 4.90 Å². The smallest absolute Gasteiger partial charge is 0.244 e. The Morgan fingerprint density at radius 3 is 2.94 bits per heavy atom. The Morgan fingerprint density at radius 1 is 1.47 bits per heavy atom. The molecule has 0 aliphatic heterocycles. The van der Waals surface area contributed by atoms with Crippen LogP contribution in [-0.2, 0) is 16.6 Å². The average molecular weight is 255 g/mol. The van der Waals surface area contributed by atoms with E-state index in [0.717, 1.165) is 0 Å². The molecule has 0 bridgehead atoms. The van der Waals surface area contributed by atoms with E-state index < -0.39 is 10.0 Å². The highest BCUT2D eigenvalue weighted by molar-refractivity contribution is 7.89. The molecule has 0 aliphatic carbocycles. The third kappa shape index (κ3) is 2.54. The summed E-state index contributed by atoms with van der Waals surface area (Å²) >= 11 is 0. The lowest BCUT2D eigenvalue weighted by Crippen LogP contribution is -2.24. The Kier molecular flexibility index (Phi) is 2.97. The second-order valence-corrected chi connectivity index (χ2v) is 4.80. The quantitative estimate of drug-likeness (QED) is 0.613. The van der Waals surface area contributed by atoms with Gasteiger partial charge in [-0.1, -0.05) is 5.21 Å². The van der Waals surface area contributed by atoms with Gasteiger partial charge in [0.15, 0.2) is 5.82 Å². The van der Waals surface area contributed by atoms with Crippen LogP contribution in [0.15, 0.2) is 23.4 Å². The monoisotopic (exact) mass is 255 g/mol. The first-order valence-electron chi connectivity index (χ1n) is 4.51. The van der Waals surface area contributed by atoms with Gasteiger partial charge < -0.3 is 5.73 Å². The number of pyridine rings is 1. The van der Waals surface area contributed by atoms with Crippen molar-refractivity contribution in [3.8, 4) is 0 Å². The summed E-state index contributed by atoms with van der Waals surface area (Å²) in [6.45, 7) is -0.0762. The zero-order valence-electron chi connectivity index (χ0n) is 8.53. The third-order valence-electron chi connectivity index (χ3n) is 1.92. The normalized spacial score (nSPS) is 11.5. The molecule has 0 amide bonds. The zero-order valence-corrected chi connectivity index (χ0v) is 9.35. The van der Waals surface area contributed by atoms with Gasteiger partial charge in [0.2, 0.25) is 10.0 Å². The van der Waals surface area contributed by atoms with Crippen molar-refractivity contribution in [2.24, 2.45) is 0 Å². The van der Waals surface area contributed by atoms with Gasteiger partial charge in [0.25, 0.3) is 0 Å². The number of hydrogen-bond donors (Lipinski definition) is 3. The number of sulfonamides is 1. The summed E-state index contributed by atoms with van der Waals surface area (Å²) in [5.74, 6) is 0.232. The van der Waals surface area contributed by atoms with E-state index in [1.165, 1.54) is 18.5 Å². The molecule has 0 aromatic carbocycles. The topological polar surface area (TPSA) is 140 Å². The van der Waals surface area contributed by atoms with Gasteiger partial charge in [-0.25, -0.2) is 13.1 Å². The predicted molar refractivity (Wildman–Crippen MR) is 56.9 cm³/mol. The Balaban J connectivity index is 2.17. The van der Waals surface area contributed by atoms with E-state index >= 15 is 0 Å². The number of anilines is 1. The standard InChI is InChI=1S/C7H9N7O2S/c8-5-1-2-9-3-6(5)17(15,16)10-4-7-11-13-14-12-7/h1-3,10H,4H2,(H2,8,9)(H,11,12,13,14). The lowest BCUT2D eigenvalue weighted by Gasteiger charge is -2.06. The zero-order chi connectivity index (χ0) is 12.3. The number of nitrogens with two attached hydrogens (primary N) is 1. The lowest BCUT2D eigenvalue weighted by molar-refractivity contribution is 0.579. The van der Waals surface area contributed by atoms with E-state index in [2.05, 4.69) is 30.3 Å². The maximum Gasteiger partial charge on any atom is 0.244 e. The molecule has 2 aromatic rings. The predicted octanol–water partition coefficient (Wildman–Crippen LogP) is -1.34. The highest BCUT2D eigenvalue weighted by atomic mass is 32.2. The van der Waals surface area contributed by atoms with Gasteiger partial charge in [-0.15, -0.1) is 10.2 Å². The summed E-state index contributed by atoms with van der Waals surface area (Å²) < 4.78 is 25.9. The fraction of sp³-hybridized carbons (Fsp3) is 0.143. The van der Waals surface area contributed by atoms with Gasteiger partial charge in [-0.05, 0) is 6.07 Å². The first-order chi connectivity index (χ1) is 8.09. The Morgan fingerprint density at radius 2 is 2.29 bits per heavy atom. The molecular weight excluding hydrogens is 246 g/mol. The van der Waals surface area contributed by atoms with E-state index in [0.29, 0.717) is 0 Å². The van der Waals surface area contributed by atoms with Gasteiger partial charge in [0, 0.05) is 12.4 Å². The number of rotatable bonds is 4. The molecule has 2 heterocycles. The number of tetrazole rings is 1. The largest absolute Gasteiger partial charge is 0.398 e. The molecule has 0 spiro atoms. The number of nitrogens with zero attached hydrogens (tertiary/aromatic N) is 4. The van der Waals surface area contributed by atoms with E-state index in [9.17, 15) is 8.42 Å². The van der Waals surface area contributed by atoms with E-state index in [-0.39, 0.29) is 23.0 Å². The molecule has 2 aromatic heterocycles. The van der Waals surface area contributed by atoms with Crippen LogP contribution in [0.1, 0.15) is 5.82 Å². The molecule has 10 heteroatoms. The molecule has 4 N–H and O–H groups in total. The maximum atomic E-state index is 11.8. The van der Waals surface area contributed by atoms with Crippen LogP contribution in [-0.4, -0.2) is 34.0 Å². The highest BCUT2D eigenvalue weighted by Crippen LogP contribution is 2.15. The third-order valence-corrected chi connectivity index (χ3v) is 3.36. The van der Waals surface area contributed by atoms with Crippen LogP contribution >= 0.6 is 0 Å². The lowest BCUT2D eigenvalue weighted by atomic mass is 10.4. The van der Waals surface area contributed by atoms with Crippen molar-refractivity contribution in [3.05, 3.63) is 24.3 Å². The molecule has 0 atom stereocenters. The van der Waals surface area contributed by atoms with Crippen LogP contribution in [0.3, 0.4) is 0 Å². The van der Waals surface area contributed by atoms with Gasteiger partial charge in [-0.2, -0.15) is 5.21 Å². The molecule has 0 unspecified atom stereocenters. The number of H-pyrrole nitrogens is 1. The summed E-state index contributed by atoms with van der Waals surface area (Å²) in [4.78, 5) is 3.63. The van der Waals surface area contributed by atoms with Crippen molar-refractivity contribution in [2.75, 3.05) is 5.73 Å². The van der Waals surface area contributed by atoms with Crippen molar-refractivity contribution in [1.29, 1.82) is 0 Å². The summed E-state index contributed by atoms with van der Waals surface area (Å²) in [5, 5.41) is 12.7.